The summed E-state index contributed by atoms with van der Waals surface area (Å²) in [6, 6.07) is 22.2. The molecule has 0 fully saturated rings. The summed E-state index contributed by atoms with van der Waals surface area (Å²) in [6.07, 6.45) is 8.36. The van der Waals surface area contributed by atoms with E-state index in [0.717, 1.165) is 46.9 Å². The molecule has 7 heteroatoms. The van der Waals surface area contributed by atoms with Crippen LogP contribution < -0.4 is 20.3 Å². The van der Waals surface area contributed by atoms with E-state index in [-0.39, 0.29) is 11.8 Å². The molecule has 0 saturated heterocycles. The summed E-state index contributed by atoms with van der Waals surface area (Å²) in [5.74, 6) is -0.574. The van der Waals surface area contributed by atoms with Gasteiger partial charge in [0, 0.05) is 23.9 Å². The highest BCUT2D eigenvalue weighted by atomic mass is 16.5. The number of hydrogen-bond donors (Lipinski definition) is 3. The molecule has 1 aliphatic heterocycles. The van der Waals surface area contributed by atoms with Crippen molar-refractivity contribution in [3.8, 4) is 5.75 Å². The number of carbonyl (C=O) groups excluding carboxylic acids is 1. The van der Waals surface area contributed by atoms with Crippen molar-refractivity contribution in [2.75, 3.05) is 18.2 Å². The zero-order chi connectivity index (χ0) is 30.8. The van der Waals surface area contributed by atoms with Gasteiger partial charge >= 0.3 is 5.97 Å². The lowest BCUT2D eigenvalue weighted by atomic mass is 9.86. The van der Waals surface area contributed by atoms with Crippen LogP contribution in [0.2, 0.25) is 0 Å². The highest BCUT2D eigenvalue weighted by Gasteiger charge is 2.22. The van der Waals surface area contributed by atoms with E-state index < -0.39 is 17.9 Å². The second-order valence-corrected chi connectivity index (χ2v) is 12.2. The predicted octanol–water partition coefficient (Wildman–Crippen LogP) is 7.12. The minimum absolute atomic E-state index is 0.0269. The molecule has 3 aromatic carbocycles. The van der Waals surface area contributed by atoms with Gasteiger partial charge in [-0.1, -0.05) is 89.8 Å². The van der Waals surface area contributed by atoms with Gasteiger partial charge < -0.3 is 25.4 Å². The molecule has 0 saturated carbocycles. The van der Waals surface area contributed by atoms with E-state index in [1.165, 1.54) is 25.7 Å². The molecule has 7 nitrogen and oxygen atoms in total. The van der Waals surface area contributed by atoms with E-state index in [9.17, 15) is 14.7 Å². The number of unbranched alkanes of at least 4 members (excludes halogenated alkanes) is 4. The van der Waals surface area contributed by atoms with Crippen molar-refractivity contribution in [3.05, 3.63) is 101 Å². The molecule has 3 aromatic rings. The number of benzene rings is 3. The summed E-state index contributed by atoms with van der Waals surface area (Å²) in [5.41, 5.74) is 5.42. The fourth-order valence-electron chi connectivity index (χ4n) is 5.01. The highest BCUT2D eigenvalue weighted by Crippen LogP contribution is 2.26. The standard InChI is InChI=1S/C36H45N3O4/c1-5-6-7-8-9-22-43-31-20-18-30(19-21-31)39-24-33(37-25-39)27-12-10-26(11-13-27)23-32(35(41)42)38-34(40)28-14-16-29(17-15-28)36(2,3)4/h10-21,24,32,37H,5-9,22-23,25H2,1-4H3,(H,38,40)(H,41,42). The Labute approximate surface area is 256 Å². The first kappa shape index (κ1) is 31.7. The van der Waals surface area contributed by atoms with Crippen LogP contribution in [-0.4, -0.2) is 36.3 Å². The monoisotopic (exact) mass is 583 g/mol. The Morgan fingerprint density at radius 3 is 2.23 bits per heavy atom. The summed E-state index contributed by atoms with van der Waals surface area (Å²) >= 11 is 0. The summed E-state index contributed by atoms with van der Waals surface area (Å²) in [7, 11) is 0. The fourth-order valence-corrected chi connectivity index (χ4v) is 5.01. The lowest BCUT2D eigenvalue weighted by molar-refractivity contribution is -0.139. The molecule has 0 bridgehead atoms. The number of carboxylic acids is 1. The molecule has 1 amide bonds. The summed E-state index contributed by atoms with van der Waals surface area (Å²) in [5, 5.41) is 15.9. The first-order chi connectivity index (χ1) is 20.6. The molecule has 4 rings (SSSR count). The van der Waals surface area contributed by atoms with Gasteiger partial charge in [-0.3, -0.25) is 4.79 Å². The number of carbonyl (C=O) groups is 2. The Kier molecular flexibility index (Phi) is 10.9. The minimum Gasteiger partial charge on any atom is -0.494 e. The molecular formula is C36H45N3O4. The normalized spacial score (nSPS) is 13.7. The van der Waals surface area contributed by atoms with E-state index >= 15 is 0 Å². The topological polar surface area (TPSA) is 90.9 Å². The summed E-state index contributed by atoms with van der Waals surface area (Å²) < 4.78 is 5.90. The quantitative estimate of drug-likeness (QED) is 0.175. The van der Waals surface area contributed by atoms with Crippen LogP contribution in [0.4, 0.5) is 5.69 Å². The number of nitrogens with one attached hydrogen (secondary N) is 2. The van der Waals surface area contributed by atoms with E-state index in [0.29, 0.717) is 12.2 Å². The van der Waals surface area contributed by atoms with Crippen molar-refractivity contribution in [2.45, 2.75) is 77.7 Å². The molecule has 1 atom stereocenters. The predicted molar refractivity (Wildman–Crippen MR) is 173 cm³/mol. The zero-order valence-electron chi connectivity index (χ0n) is 25.9. The molecule has 1 aliphatic rings. The van der Waals surface area contributed by atoms with Gasteiger partial charge in [0.05, 0.1) is 19.0 Å². The number of hydrogen-bond acceptors (Lipinski definition) is 5. The molecule has 1 heterocycles. The highest BCUT2D eigenvalue weighted by molar-refractivity contribution is 5.96. The lowest BCUT2D eigenvalue weighted by Crippen LogP contribution is -2.42. The van der Waals surface area contributed by atoms with Crippen molar-refractivity contribution < 1.29 is 19.4 Å². The minimum atomic E-state index is -1.07. The summed E-state index contributed by atoms with van der Waals surface area (Å²) in [6.45, 7) is 9.94. The van der Waals surface area contributed by atoms with Crippen molar-refractivity contribution in [2.24, 2.45) is 0 Å². The van der Waals surface area contributed by atoms with Crippen LogP contribution in [0.3, 0.4) is 0 Å². The van der Waals surface area contributed by atoms with Crippen molar-refractivity contribution in [1.82, 2.24) is 10.6 Å². The van der Waals surface area contributed by atoms with Crippen LogP contribution in [0, 0.1) is 0 Å². The van der Waals surface area contributed by atoms with Gasteiger partial charge in [-0.2, -0.15) is 0 Å². The Morgan fingerprint density at radius 1 is 0.930 bits per heavy atom. The van der Waals surface area contributed by atoms with Crippen molar-refractivity contribution >= 4 is 23.3 Å². The second kappa shape index (κ2) is 14.8. The molecular weight excluding hydrogens is 538 g/mol. The average Bonchev–Trinajstić information content (AvgIpc) is 3.49. The van der Waals surface area contributed by atoms with Gasteiger partial charge in [0.15, 0.2) is 0 Å². The SMILES string of the molecule is CCCCCCCOc1ccc(N2C=C(c3ccc(CC(NC(=O)c4ccc(C(C)(C)C)cc4)C(=O)O)cc3)NC2)cc1. The smallest absolute Gasteiger partial charge is 0.326 e. The van der Waals surface area contributed by atoms with Gasteiger partial charge in [-0.15, -0.1) is 0 Å². The largest absolute Gasteiger partial charge is 0.494 e. The number of amides is 1. The average molecular weight is 584 g/mol. The first-order valence-corrected chi connectivity index (χ1v) is 15.3. The Balaban J connectivity index is 1.31. The van der Waals surface area contributed by atoms with Crippen LogP contribution in [-0.2, 0) is 16.6 Å². The number of nitrogens with zero attached hydrogens (tertiary/aromatic N) is 1. The Bertz CT molecular complexity index is 1370. The molecule has 0 spiro atoms. The molecule has 43 heavy (non-hydrogen) atoms. The van der Waals surface area contributed by atoms with Crippen molar-refractivity contribution in [1.29, 1.82) is 0 Å². The maximum Gasteiger partial charge on any atom is 0.326 e. The third kappa shape index (κ3) is 9.11. The van der Waals surface area contributed by atoms with Gasteiger partial charge in [0.25, 0.3) is 5.91 Å². The Morgan fingerprint density at radius 2 is 1.60 bits per heavy atom. The molecule has 1 unspecified atom stereocenters. The van der Waals surface area contributed by atoms with Gasteiger partial charge in [0.1, 0.15) is 11.8 Å². The molecule has 228 valence electrons. The number of rotatable bonds is 14. The molecule has 0 aromatic heterocycles. The Hall–Kier alpha value is -4.26. The van der Waals surface area contributed by atoms with Crippen LogP contribution in [0.5, 0.6) is 5.75 Å². The summed E-state index contributed by atoms with van der Waals surface area (Å²) in [4.78, 5) is 26.9. The van der Waals surface area contributed by atoms with Crippen LogP contribution in [0.15, 0.2) is 79.0 Å². The van der Waals surface area contributed by atoms with Crippen LogP contribution in [0.25, 0.3) is 5.70 Å². The first-order valence-electron chi connectivity index (χ1n) is 15.3. The lowest BCUT2D eigenvalue weighted by Gasteiger charge is -2.19. The molecule has 0 radical (unpaired) electrons. The number of anilines is 1. The van der Waals surface area contributed by atoms with E-state index in [4.69, 9.17) is 4.74 Å². The zero-order valence-corrected chi connectivity index (χ0v) is 25.9. The van der Waals surface area contributed by atoms with Crippen molar-refractivity contribution in [3.63, 3.8) is 0 Å². The van der Waals surface area contributed by atoms with Crippen LogP contribution >= 0.6 is 0 Å². The van der Waals surface area contributed by atoms with E-state index in [1.54, 1.807) is 12.1 Å². The molecule has 3 N–H and O–H groups in total. The number of ether oxygens (including phenoxy) is 1. The number of carboxylic acid groups (broad SMARTS) is 1. The van der Waals surface area contributed by atoms with Crippen LogP contribution in [0.1, 0.15) is 86.8 Å². The molecule has 0 aliphatic carbocycles. The van der Waals surface area contributed by atoms with E-state index in [2.05, 4.69) is 61.6 Å². The van der Waals surface area contributed by atoms with Gasteiger partial charge in [-0.05, 0) is 64.9 Å². The van der Waals surface area contributed by atoms with Gasteiger partial charge in [0.2, 0.25) is 0 Å². The third-order valence-corrected chi connectivity index (χ3v) is 7.73. The maximum absolute atomic E-state index is 12.8. The third-order valence-electron chi connectivity index (χ3n) is 7.73. The van der Waals surface area contributed by atoms with E-state index in [1.807, 2.05) is 48.5 Å². The van der Waals surface area contributed by atoms with Gasteiger partial charge in [-0.25, -0.2) is 4.79 Å². The second-order valence-electron chi connectivity index (χ2n) is 12.2. The number of aliphatic carboxylic acids is 1. The fraction of sp³-hybridized carbons (Fsp3) is 0.389. The maximum atomic E-state index is 12.8.